The SMILES string of the molecule is CCNC(=O)[C@H](NC(=O)C1(c2ccc3nc([C@@H](NC(=O)OC)[C@H](c4ccccc4Cl)C4(C)CC4)[nH]c3c2)CCOCC1)C(C)C. The number of aromatic amines is 1. The highest BCUT2D eigenvalue weighted by Crippen LogP contribution is 2.60. The molecule has 2 heterocycles. The van der Waals surface area contributed by atoms with E-state index in [4.69, 9.17) is 26.1 Å². The Morgan fingerprint density at radius 1 is 1.07 bits per heavy atom. The molecule has 1 aromatic heterocycles. The first-order chi connectivity index (χ1) is 21.5. The first-order valence-corrected chi connectivity index (χ1v) is 16.2. The molecule has 1 aliphatic carbocycles. The number of carbonyl (C=O) groups is 3. The smallest absolute Gasteiger partial charge is 0.407 e. The molecule has 1 saturated carbocycles. The van der Waals surface area contributed by atoms with Gasteiger partial charge in [-0.15, -0.1) is 0 Å². The summed E-state index contributed by atoms with van der Waals surface area (Å²) in [6.45, 7) is 9.24. The lowest BCUT2D eigenvalue weighted by Crippen LogP contribution is -2.56. The van der Waals surface area contributed by atoms with Gasteiger partial charge in [-0.3, -0.25) is 9.59 Å². The number of fused-ring (bicyclic) bond motifs is 1. The molecule has 10 nitrogen and oxygen atoms in total. The van der Waals surface area contributed by atoms with Crippen LogP contribution in [-0.2, 0) is 24.5 Å². The Morgan fingerprint density at radius 2 is 1.78 bits per heavy atom. The fraction of sp³-hybridized carbons (Fsp3) is 0.529. The number of hydrogen-bond acceptors (Lipinski definition) is 6. The highest BCUT2D eigenvalue weighted by molar-refractivity contribution is 6.31. The van der Waals surface area contributed by atoms with Crippen LogP contribution in [0.5, 0.6) is 0 Å². The molecule has 11 heteroatoms. The van der Waals surface area contributed by atoms with E-state index in [2.05, 4.69) is 27.9 Å². The average molecular weight is 638 g/mol. The quantitative estimate of drug-likeness (QED) is 0.219. The number of H-pyrrole nitrogens is 1. The molecule has 0 unspecified atom stereocenters. The zero-order valence-electron chi connectivity index (χ0n) is 26.7. The van der Waals surface area contributed by atoms with Crippen LogP contribution >= 0.6 is 11.6 Å². The lowest BCUT2D eigenvalue weighted by atomic mass is 9.73. The normalized spacial score (nSPS) is 18.9. The van der Waals surface area contributed by atoms with Crippen LogP contribution in [0.4, 0.5) is 4.79 Å². The summed E-state index contributed by atoms with van der Waals surface area (Å²) >= 11 is 6.73. The van der Waals surface area contributed by atoms with Gasteiger partial charge in [-0.05, 0) is 73.3 Å². The summed E-state index contributed by atoms with van der Waals surface area (Å²) in [7, 11) is 1.34. The topological polar surface area (TPSA) is 134 Å². The van der Waals surface area contributed by atoms with Crippen LogP contribution < -0.4 is 16.0 Å². The lowest BCUT2D eigenvalue weighted by Gasteiger charge is -2.37. The van der Waals surface area contributed by atoms with E-state index < -0.39 is 23.6 Å². The average Bonchev–Trinajstić information content (AvgIpc) is 3.62. The maximum atomic E-state index is 14.1. The summed E-state index contributed by atoms with van der Waals surface area (Å²) in [4.78, 5) is 48.0. The van der Waals surface area contributed by atoms with Crippen molar-refractivity contribution < 1.29 is 23.9 Å². The summed E-state index contributed by atoms with van der Waals surface area (Å²) < 4.78 is 10.7. The predicted molar refractivity (Wildman–Crippen MR) is 173 cm³/mol. The maximum absolute atomic E-state index is 14.1. The minimum atomic E-state index is -0.886. The Kier molecular flexibility index (Phi) is 9.74. The number of methoxy groups -OCH3 is 1. The summed E-state index contributed by atoms with van der Waals surface area (Å²) in [5.74, 6) is -0.0696. The van der Waals surface area contributed by atoms with Crippen molar-refractivity contribution in [3.05, 3.63) is 64.4 Å². The number of rotatable bonds is 11. The highest BCUT2D eigenvalue weighted by Gasteiger charge is 2.51. The molecule has 3 atom stereocenters. The number of hydrogen-bond donors (Lipinski definition) is 4. The summed E-state index contributed by atoms with van der Waals surface area (Å²) in [5, 5.41) is 9.58. The van der Waals surface area contributed by atoms with E-state index in [1.807, 2.05) is 63.2 Å². The Hall–Kier alpha value is -3.63. The van der Waals surface area contributed by atoms with Gasteiger partial charge in [0.15, 0.2) is 0 Å². The molecule has 45 heavy (non-hydrogen) atoms. The fourth-order valence-electron chi connectivity index (χ4n) is 6.63. The lowest BCUT2D eigenvalue weighted by molar-refractivity contribution is -0.135. The van der Waals surface area contributed by atoms with Crippen LogP contribution in [0.15, 0.2) is 42.5 Å². The second-order valence-electron chi connectivity index (χ2n) is 12.9. The number of amides is 3. The molecular formula is C34H44ClN5O5. The molecule has 0 spiro atoms. The minimum Gasteiger partial charge on any atom is -0.453 e. The van der Waals surface area contributed by atoms with Crippen LogP contribution in [0.3, 0.4) is 0 Å². The van der Waals surface area contributed by atoms with E-state index in [0.29, 0.717) is 49.0 Å². The number of aromatic nitrogens is 2. The molecule has 1 aliphatic heterocycles. The summed E-state index contributed by atoms with van der Waals surface area (Å²) in [6.07, 6.45) is 2.36. The monoisotopic (exact) mass is 637 g/mol. The number of halogens is 1. The number of nitrogens with zero attached hydrogens (tertiary/aromatic N) is 1. The Balaban J connectivity index is 1.55. The van der Waals surface area contributed by atoms with Crippen LogP contribution in [-0.4, -0.2) is 60.8 Å². The fourth-order valence-corrected chi connectivity index (χ4v) is 6.88. The van der Waals surface area contributed by atoms with Gasteiger partial charge >= 0.3 is 6.09 Å². The van der Waals surface area contributed by atoms with Crippen molar-refractivity contribution in [2.24, 2.45) is 11.3 Å². The van der Waals surface area contributed by atoms with E-state index in [1.165, 1.54) is 7.11 Å². The van der Waals surface area contributed by atoms with Gasteiger partial charge in [0.25, 0.3) is 0 Å². The number of nitrogens with one attached hydrogen (secondary N) is 4. The van der Waals surface area contributed by atoms with E-state index >= 15 is 0 Å². The highest BCUT2D eigenvalue weighted by atomic mass is 35.5. The van der Waals surface area contributed by atoms with Gasteiger partial charge in [0.2, 0.25) is 11.8 Å². The van der Waals surface area contributed by atoms with E-state index in [9.17, 15) is 14.4 Å². The van der Waals surface area contributed by atoms with Crippen molar-refractivity contribution in [2.75, 3.05) is 26.9 Å². The van der Waals surface area contributed by atoms with Crippen molar-refractivity contribution in [3.8, 4) is 0 Å². The number of likely N-dealkylation sites (N-methyl/N-ethyl adjacent to an activating group) is 1. The largest absolute Gasteiger partial charge is 0.453 e. The van der Waals surface area contributed by atoms with Crippen molar-refractivity contribution in [1.82, 2.24) is 25.9 Å². The van der Waals surface area contributed by atoms with Crippen molar-refractivity contribution in [1.29, 1.82) is 0 Å². The van der Waals surface area contributed by atoms with Crippen molar-refractivity contribution in [3.63, 3.8) is 0 Å². The second-order valence-corrected chi connectivity index (χ2v) is 13.3. The predicted octanol–water partition coefficient (Wildman–Crippen LogP) is 5.52. The number of ether oxygens (including phenoxy) is 2. The minimum absolute atomic E-state index is 0.0892. The molecule has 242 valence electrons. The summed E-state index contributed by atoms with van der Waals surface area (Å²) in [6, 6.07) is 12.3. The van der Waals surface area contributed by atoms with Gasteiger partial charge in [-0.2, -0.15) is 0 Å². The van der Waals surface area contributed by atoms with Crippen molar-refractivity contribution in [2.45, 2.75) is 76.8 Å². The molecule has 2 aliphatic rings. The molecular weight excluding hydrogens is 594 g/mol. The Morgan fingerprint density at radius 3 is 2.40 bits per heavy atom. The Bertz CT molecular complexity index is 1540. The first kappa shape index (κ1) is 32.8. The van der Waals surface area contributed by atoms with Gasteiger partial charge in [0.05, 0.1) is 29.6 Å². The van der Waals surface area contributed by atoms with Gasteiger partial charge in [-0.25, -0.2) is 9.78 Å². The molecule has 0 bridgehead atoms. The van der Waals surface area contributed by atoms with Gasteiger partial charge < -0.3 is 30.4 Å². The van der Waals surface area contributed by atoms with Gasteiger partial charge in [0.1, 0.15) is 11.9 Å². The molecule has 2 aromatic carbocycles. The number of benzene rings is 2. The third-order valence-electron chi connectivity index (χ3n) is 9.54. The molecule has 5 rings (SSSR count). The van der Waals surface area contributed by atoms with Gasteiger partial charge in [0, 0.05) is 30.7 Å². The van der Waals surface area contributed by atoms with Crippen LogP contribution in [0.1, 0.15) is 82.3 Å². The molecule has 2 fully saturated rings. The maximum Gasteiger partial charge on any atom is 0.407 e. The van der Waals surface area contributed by atoms with E-state index in [0.717, 1.165) is 29.5 Å². The third kappa shape index (κ3) is 6.67. The zero-order valence-corrected chi connectivity index (χ0v) is 27.4. The zero-order chi connectivity index (χ0) is 32.4. The first-order valence-electron chi connectivity index (χ1n) is 15.8. The third-order valence-corrected chi connectivity index (χ3v) is 9.88. The van der Waals surface area contributed by atoms with Crippen molar-refractivity contribution >= 4 is 40.5 Å². The Labute approximate surface area is 269 Å². The van der Waals surface area contributed by atoms with Crippen LogP contribution in [0.2, 0.25) is 5.02 Å². The molecule has 0 radical (unpaired) electrons. The van der Waals surface area contributed by atoms with Crippen LogP contribution in [0, 0.1) is 11.3 Å². The molecule has 4 N–H and O–H groups in total. The second kappa shape index (κ2) is 13.4. The standard InChI is InChI=1S/C34H44ClN5O5/c1-6-36-30(41)27(20(2)3)39-31(42)34(15-17-45-18-16-34)21-11-12-24-25(19-21)38-29(37-24)28(40-32(43)44-5)26(33(4)13-14-33)22-9-7-8-10-23(22)35/h7-12,19-20,26-28H,6,13-18H2,1-5H3,(H,36,41)(H,37,38)(H,39,42)(H,40,43)/t26-,27+,28-/m0/s1. The van der Waals surface area contributed by atoms with Crippen LogP contribution in [0.25, 0.3) is 11.0 Å². The number of alkyl carbamates (subject to hydrolysis) is 1. The van der Waals surface area contributed by atoms with E-state index in [1.54, 1.807) is 0 Å². The molecule has 1 saturated heterocycles. The molecule has 3 amide bonds. The molecule has 3 aromatic rings. The van der Waals surface area contributed by atoms with Gasteiger partial charge in [-0.1, -0.05) is 56.6 Å². The van der Waals surface area contributed by atoms with E-state index in [-0.39, 0.29) is 29.1 Å². The number of carbonyl (C=O) groups excluding carboxylic acids is 3. The summed E-state index contributed by atoms with van der Waals surface area (Å²) in [5.41, 5.74) is 2.21. The number of imidazole rings is 1.